The van der Waals surface area contributed by atoms with Crippen molar-refractivity contribution in [1.29, 1.82) is 0 Å². The zero-order valence-electron chi connectivity index (χ0n) is 13.8. The summed E-state index contributed by atoms with van der Waals surface area (Å²) in [6, 6.07) is 11.3. The van der Waals surface area contributed by atoms with E-state index in [-0.39, 0.29) is 30.3 Å². The highest BCUT2D eigenvalue weighted by molar-refractivity contribution is 7.12. The molecule has 5 nitrogen and oxygen atoms in total. The van der Waals surface area contributed by atoms with Crippen LogP contribution in [0.4, 0.5) is 0 Å². The Morgan fingerprint density at radius 1 is 1.08 bits per heavy atom. The number of carbonyl (C=O) groups is 2. The molecule has 0 saturated carbocycles. The second kappa shape index (κ2) is 9.56. The number of thiophene rings is 1. The van der Waals surface area contributed by atoms with Crippen molar-refractivity contribution >= 4 is 35.6 Å². The molecule has 25 heavy (non-hydrogen) atoms. The van der Waals surface area contributed by atoms with Crippen LogP contribution in [0.1, 0.15) is 38.4 Å². The van der Waals surface area contributed by atoms with Crippen LogP contribution in [0.2, 0.25) is 0 Å². The molecule has 1 fully saturated rings. The van der Waals surface area contributed by atoms with E-state index in [2.05, 4.69) is 16.0 Å². The van der Waals surface area contributed by atoms with E-state index in [1.807, 2.05) is 35.7 Å². The minimum Gasteiger partial charge on any atom is -0.349 e. The maximum absolute atomic E-state index is 12.2. The first kappa shape index (κ1) is 19.4. The number of carbonyl (C=O) groups excluding carboxylic acids is 2. The minimum atomic E-state index is -0.0715. The Morgan fingerprint density at radius 3 is 2.44 bits per heavy atom. The first-order valence-corrected chi connectivity index (χ1v) is 9.02. The highest BCUT2D eigenvalue weighted by atomic mass is 35.5. The summed E-state index contributed by atoms with van der Waals surface area (Å²) in [6.45, 7) is 2.36. The molecule has 1 aromatic heterocycles. The van der Waals surface area contributed by atoms with Gasteiger partial charge < -0.3 is 16.0 Å². The SMILES string of the molecule is Cl.O=C(NC1CCNCC1)c1ccc(CNC(=O)c2cccs2)cc1. The van der Waals surface area contributed by atoms with Gasteiger partial charge in [0.1, 0.15) is 0 Å². The lowest BCUT2D eigenvalue weighted by Crippen LogP contribution is -2.42. The van der Waals surface area contributed by atoms with E-state index in [1.165, 1.54) is 11.3 Å². The molecule has 0 unspecified atom stereocenters. The molecule has 1 saturated heterocycles. The van der Waals surface area contributed by atoms with Gasteiger partial charge >= 0.3 is 0 Å². The number of nitrogens with one attached hydrogen (secondary N) is 3. The Labute approximate surface area is 157 Å². The van der Waals surface area contributed by atoms with Crippen LogP contribution in [0.3, 0.4) is 0 Å². The van der Waals surface area contributed by atoms with E-state index in [0.29, 0.717) is 17.0 Å². The minimum absolute atomic E-state index is 0. The maximum Gasteiger partial charge on any atom is 0.261 e. The summed E-state index contributed by atoms with van der Waals surface area (Å²) in [6.07, 6.45) is 1.94. The third-order valence-corrected chi connectivity index (χ3v) is 4.96. The molecule has 1 aliphatic heterocycles. The summed E-state index contributed by atoms with van der Waals surface area (Å²) in [7, 11) is 0. The number of hydrogen-bond donors (Lipinski definition) is 3. The van der Waals surface area contributed by atoms with Gasteiger partial charge in [-0.25, -0.2) is 0 Å². The van der Waals surface area contributed by atoms with Gasteiger partial charge in [0.2, 0.25) is 0 Å². The molecular formula is C18H22ClN3O2S. The number of hydrogen-bond acceptors (Lipinski definition) is 4. The lowest BCUT2D eigenvalue weighted by Gasteiger charge is -2.23. The van der Waals surface area contributed by atoms with Crippen molar-refractivity contribution in [2.24, 2.45) is 0 Å². The van der Waals surface area contributed by atoms with Gasteiger partial charge in [-0.3, -0.25) is 9.59 Å². The fraction of sp³-hybridized carbons (Fsp3) is 0.333. The van der Waals surface area contributed by atoms with Gasteiger partial charge in [0.15, 0.2) is 0 Å². The van der Waals surface area contributed by atoms with Crippen molar-refractivity contribution < 1.29 is 9.59 Å². The number of benzene rings is 1. The highest BCUT2D eigenvalue weighted by Crippen LogP contribution is 2.10. The first-order chi connectivity index (χ1) is 11.7. The molecule has 7 heteroatoms. The Kier molecular flexibility index (Phi) is 7.43. The highest BCUT2D eigenvalue weighted by Gasteiger charge is 2.16. The fourth-order valence-electron chi connectivity index (χ4n) is 2.69. The van der Waals surface area contributed by atoms with Crippen molar-refractivity contribution in [3.63, 3.8) is 0 Å². The fourth-order valence-corrected chi connectivity index (χ4v) is 3.33. The number of amides is 2. The standard InChI is InChI=1S/C18H21N3O2S.ClH/c22-17(21-15-7-9-19-10-8-15)14-5-3-13(4-6-14)12-20-18(23)16-2-1-11-24-16;/h1-6,11,15,19H,7-10,12H2,(H,20,23)(H,21,22);1H. The Balaban J connectivity index is 0.00000225. The molecule has 0 aliphatic carbocycles. The van der Waals surface area contributed by atoms with E-state index in [9.17, 15) is 9.59 Å². The van der Waals surface area contributed by atoms with Gasteiger partial charge in [-0.05, 0) is 55.1 Å². The van der Waals surface area contributed by atoms with Crippen LogP contribution in [0.15, 0.2) is 41.8 Å². The van der Waals surface area contributed by atoms with Gasteiger partial charge in [-0.15, -0.1) is 23.7 Å². The molecule has 2 aromatic rings. The summed E-state index contributed by atoms with van der Waals surface area (Å²) in [5.41, 5.74) is 1.63. The monoisotopic (exact) mass is 379 g/mol. The predicted octanol–water partition coefficient (Wildman–Crippen LogP) is 2.58. The average molecular weight is 380 g/mol. The molecule has 1 aromatic carbocycles. The van der Waals surface area contributed by atoms with Crippen molar-refractivity contribution in [3.05, 3.63) is 57.8 Å². The second-order valence-corrected chi connectivity index (χ2v) is 6.80. The van der Waals surface area contributed by atoms with Crippen LogP contribution >= 0.6 is 23.7 Å². The van der Waals surface area contributed by atoms with Gasteiger partial charge in [-0.1, -0.05) is 18.2 Å². The molecule has 2 amide bonds. The number of halogens is 1. The van der Waals surface area contributed by atoms with Crippen molar-refractivity contribution in [2.75, 3.05) is 13.1 Å². The molecule has 0 spiro atoms. The Bertz CT molecular complexity index is 683. The normalized spacial score (nSPS) is 14.4. The lowest BCUT2D eigenvalue weighted by molar-refractivity contribution is 0.0926. The van der Waals surface area contributed by atoms with Crippen LogP contribution in [0.5, 0.6) is 0 Å². The van der Waals surface area contributed by atoms with Crippen molar-refractivity contribution in [3.8, 4) is 0 Å². The zero-order chi connectivity index (χ0) is 16.8. The zero-order valence-corrected chi connectivity index (χ0v) is 15.4. The van der Waals surface area contributed by atoms with Gasteiger partial charge in [0, 0.05) is 18.2 Å². The molecule has 0 atom stereocenters. The summed E-state index contributed by atoms with van der Waals surface area (Å²) in [4.78, 5) is 24.9. The quantitative estimate of drug-likeness (QED) is 0.747. The summed E-state index contributed by atoms with van der Waals surface area (Å²) in [5, 5.41) is 11.1. The smallest absolute Gasteiger partial charge is 0.261 e. The first-order valence-electron chi connectivity index (χ1n) is 8.14. The topological polar surface area (TPSA) is 70.2 Å². The molecule has 3 rings (SSSR count). The summed E-state index contributed by atoms with van der Waals surface area (Å²) in [5.74, 6) is -0.103. The largest absolute Gasteiger partial charge is 0.349 e. The van der Waals surface area contributed by atoms with E-state index >= 15 is 0 Å². The van der Waals surface area contributed by atoms with E-state index in [0.717, 1.165) is 31.5 Å². The van der Waals surface area contributed by atoms with Crippen LogP contribution in [0, 0.1) is 0 Å². The Morgan fingerprint density at radius 2 is 1.80 bits per heavy atom. The molecular weight excluding hydrogens is 358 g/mol. The van der Waals surface area contributed by atoms with Gasteiger partial charge in [-0.2, -0.15) is 0 Å². The third kappa shape index (κ3) is 5.56. The van der Waals surface area contributed by atoms with Crippen LogP contribution in [-0.2, 0) is 6.54 Å². The molecule has 1 aliphatic rings. The number of piperidine rings is 1. The van der Waals surface area contributed by atoms with Crippen LogP contribution in [-0.4, -0.2) is 30.9 Å². The predicted molar refractivity (Wildman–Crippen MR) is 103 cm³/mol. The molecule has 134 valence electrons. The van der Waals surface area contributed by atoms with E-state index in [1.54, 1.807) is 6.07 Å². The lowest BCUT2D eigenvalue weighted by atomic mass is 10.1. The van der Waals surface area contributed by atoms with Gasteiger partial charge in [0.05, 0.1) is 4.88 Å². The third-order valence-electron chi connectivity index (χ3n) is 4.09. The van der Waals surface area contributed by atoms with Crippen molar-refractivity contribution in [1.82, 2.24) is 16.0 Å². The number of rotatable bonds is 5. The molecule has 2 heterocycles. The molecule has 3 N–H and O–H groups in total. The van der Waals surface area contributed by atoms with Crippen LogP contribution < -0.4 is 16.0 Å². The maximum atomic E-state index is 12.2. The summed E-state index contributed by atoms with van der Waals surface area (Å²) >= 11 is 1.42. The average Bonchev–Trinajstić information content (AvgIpc) is 3.16. The summed E-state index contributed by atoms with van der Waals surface area (Å²) < 4.78 is 0. The Hall–Kier alpha value is -1.89. The second-order valence-electron chi connectivity index (χ2n) is 5.85. The van der Waals surface area contributed by atoms with E-state index < -0.39 is 0 Å². The van der Waals surface area contributed by atoms with E-state index in [4.69, 9.17) is 0 Å². The van der Waals surface area contributed by atoms with Crippen LogP contribution in [0.25, 0.3) is 0 Å². The molecule has 0 bridgehead atoms. The van der Waals surface area contributed by atoms with Crippen molar-refractivity contribution in [2.45, 2.75) is 25.4 Å². The molecule has 0 radical (unpaired) electrons. The van der Waals surface area contributed by atoms with Gasteiger partial charge in [0.25, 0.3) is 11.8 Å².